The molecule has 0 heterocycles. The van der Waals surface area contributed by atoms with E-state index in [1.54, 1.807) is 0 Å². The highest BCUT2D eigenvalue weighted by Crippen LogP contribution is 2.37. The summed E-state index contributed by atoms with van der Waals surface area (Å²) in [6.07, 6.45) is 5.08. The Labute approximate surface area is 86.1 Å². The molecule has 3 heteroatoms. The van der Waals surface area contributed by atoms with Crippen molar-refractivity contribution in [2.45, 2.75) is 44.6 Å². The maximum Gasteiger partial charge on any atom is 0.109 e. The van der Waals surface area contributed by atoms with Crippen molar-refractivity contribution in [2.24, 2.45) is 5.92 Å². The first-order valence-electron chi connectivity index (χ1n) is 5.56. The summed E-state index contributed by atoms with van der Waals surface area (Å²) < 4.78 is 0. The molecule has 14 heavy (non-hydrogen) atoms. The molecule has 1 aliphatic rings. The van der Waals surface area contributed by atoms with Crippen LogP contribution in [0.2, 0.25) is 0 Å². The zero-order chi connectivity index (χ0) is 10.4. The first-order valence-corrected chi connectivity index (χ1v) is 5.56. The van der Waals surface area contributed by atoms with Crippen molar-refractivity contribution in [3.63, 3.8) is 0 Å². The van der Waals surface area contributed by atoms with E-state index < -0.39 is 0 Å². The van der Waals surface area contributed by atoms with E-state index in [4.69, 9.17) is 5.11 Å². The number of hydrogen-bond acceptors (Lipinski definition) is 3. The number of nitrogens with one attached hydrogen (secondary N) is 1. The van der Waals surface area contributed by atoms with Gasteiger partial charge in [-0.2, -0.15) is 5.26 Å². The molecule has 0 saturated heterocycles. The van der Waals surface area contributed by atoms with Gasteiger partial charge < -0.3 is 5.11 Å². The van der Waals surface area contributed by atoms with Gasteiger partial charge in [-0.1, -0.05) is 19.8 Å². The van der Waals surface area contributed by atoms with Crippen LogP contribution in [0.4, 0.5) is 0 Å². The van der Waals surface area contributed by atoms with Crippen LogP contribution in [0.1, 0.15) is 39.0 Å². The van der Waals surface area contributed by atoms with Gasteiger partial charge in [-0.05, 0) is 31.7 Å². The number of aliphatic hydroxyl groups excluding tert-OH is 1. The van der Waals surface area contributed by atoms with Crippen LogP contribution in [0.15, 0.2) is 0 Å². The molecular weight excluding hydrogens is 176 g/mol. The van der Waals surface area contributed by atoms with Crippen molar-refractivity contribution < 1.29 is 5.11 Å². The van der Waals surface area contributed by atoms with Gasteiger partial charge in [0.15, 0.2) is 0 Å². The Balaban J connectivity index is 2.52. The highest BCUT2D eigenvalue weighted by molar-refractivity contribution is 5.13. The summed E-state index contributed by atoms with van der Waals surface area (Å²) in [5.74, 6) is 0.492. The van der Waals surface area contributed by atoms with E-state index in [0.717, 1.165) is 38.6 Å². The SMILES string of the molecule is CCC1CCCC1(C#N)NCCCO. The Morgan fingerprint density at radius 3 is 3.00 bits per heavy atom. The smallest absolute Gasteiger partial charge is 0.109 e. The molecule has 2 N–H and O–H groups in total. The Morgan fingerprint density at radius 1 is 1.64 bits per heavy atom. The minimum atomic E-state index is -0.302. The first kappa shape index (κ1) is 11.5. The molecule has 0 amide bonds. The van der Waals surface area contributed by atoms with Crippen molar-refractivity contribution in [3.8, 4) is 6.07 Å². The lowest BCUT2D eigenvalue weighted by atomic mass is 9.86. The van der Waals surface area contributed by atoms with Crippen molar-refractivity contribution in [1.82, 2.24) is 5.32 Å². The van der Waals surface area contributed by atoms with Gasteiger partial charge in [0, 0.05) is 6.61 Å². The third-order valence-electron chi connectivity index (χ3n) is 3.29. The van der Waals surface area contributed by atoms with Crippen LogP contribution >= 0.6 is 0 Å². The molecule has 0 aromatic carbocycles. The number of aliphatic hydroxyl groups is 1. The maximum atomic E-state index is 9.24. The lowest BCUT2D eigenvalue weighted by molar-refractivity contribution is 0.262. The zero-order valence-corrected chi connectivity index (χ0v) is 8.92. The third kappa shape index (κ3) is 2.26. The average molecular weight is 196 g/mol. The molecule has 0 bridgehead atoms. The maximum absolute atomic E-state index is 9.24. The van der Waals surface area contributed by atoms with Crippen molar-refractivity contribution in [1.29, 1.82) is 5.26 Å². The quantitative estimate of drug-likeness (QED) is 0.654. The molecule has 1 aliphatic carbocycles. The second-order valence-electron chi connectivity index (χ2n) is 4.08. The molecular formula is C11H20N2O. The summed E-state index contributed by atoms with van der Waals surface area (Å²) in [6, 6.07) is 2.44. The number of nitriles is 1. The number of nitrogens with zero attached hydrogens (tertiary/aromatic N) is 1. The largest absolute Gasteiger partial charge is 0.396 e. The standard InChI is InChI=1S/C11H20N2O/c1-2-10-5-3-6-11(10,9-12)13-7-4-8-14/h10,13-14H,2-8H2,1H3. The van der Waals surface area contributed by atoms with Crippen LogP contribution in [-0.4, -0.2) is 23.8 Å². The highest BCUT2D eigenvalue weighted by Gasteiger charge is 2.41. The van der Waals surface area contributed by atoms with E-state index in [1.807, 2.05) is 0 Å². The number of rotatable bonds is 5. The summed E-state index contributed by atoms with van der Waals surface area (Å²) in [6.45, 7) is 3.10. The minimum Gasteiger partial charge on any atom is -0.396 e. The molecule has 0 radical (unpaired) electrons. The predicted octanol–water partition coefficient (Wildman–Crippen LogP) is 1.43. The van der Waals surface area contributed by atoms with Crippen LogP contribution < -0.4 is 5.32 Å². The molecule has 3 nitrogen and oxygen atoms in total. The summed E-state index contributed by atoms with van der Waals surface area (Å²) in [5.41, 5.74) is -0.302. The molecule has 1 saturated carbocycles. The fourth-order valence-corrected chi connectivity index (χ4v) is 2.44. The second kappa shape index (κ2) is 5.33. The molecule has 0 aromatic heterocycles. The highest BCUT2D eigenvalue weighted by atomic mass is 16.3. The summed E-state index contributed by atoms with van der Waals surface area (Å²) in [4.78, 5) is 0. The fourth-order valence-electron chi connectivity index (χ4n) is 2.44. The lowest BCUT2D eigenvalue weighted by Gasteiger charge is -2.29. The average Bonchev–Trinajstić information content (AvgIpc) is 2.62. The van der Waals surface area contributed by atoms with Crippen molar-refractivity contribution in [2.75, 3.05) is 13.2 Å². The summed E-state index contributed by atoms with van der Waals surface area (Å²) in [5, 5.41) is 21.3. The fraction of sp³-hybridized carbons (Fsp3) is 0.909. The van der Waals surface area contributed by atoms with Crippen LogP contribution in [0, 0.1) is 17.2 Å². The normalized spacial score (nSPS) is 31.6. The Morgan fingerprint density at radius 2 is 2.43 bits per heavy atom. The van der Waals surface area contributed by atoms with E-state index in [9.17, 15) is 5.26 Å². The monoisotopic (exact) mass is 196 g/mol. The van der Waals surface area contributed by atoms with Gasteiger partial charge in [-0.15, -0.1) is 0 Å². The van der Waals surface area contributed by atoms with Crippen LogP contribution in [0.5, 0.6) is 0 Å². The Hall–Kier alpha value is -0.590. The van der Waals surface area contributed by atoms with Crippen molar-refractivity contribution >= 4 is 0 Å². The van der Waals surface area contributed by atoms with Crippen LogP contribution in [-0.2, 0) is 0 Å². The Bertz CT molecular complexity index is 212. The second-order valence-corrected chi connectivity index (χ2v) is 4.08. The zero-order valence-electron chi connectivity index (χ0n) is 8.92. The lowest BCUT2D eigenvalue weighted by Crippen LogP contribution is -2.47. The van der Waals surface area contributed by atoms with Gasteiger partial charge >= 0.3 is 0 Å². The molecule has 0 aliphatic heterocycles. The van der Waals surface area contributed by atoms with Gasteiger partial charge in [0.25, 0.3) is 0 Å². The van der Waals surface area contributed by atoms with E-state index in [0.29, 0.717) is 5.92 Å². The van der Waals surface area contributed by atoms with Gasteiger partial charge in [-0.3, -0.25) is 5.32 Å². The summed E-state index contributed by atoms with van der Waals surface area (Å²) in [7, 11) is 0. The molecule has 0 aromatic rings. The molecule has 2 unspecified atom stereocenters. The first-order chi connectivity index (χ1) is 6.79. The molecule has 1 fully saturated rings. The number of hydrogen-bond donors (Lipinski definition) is 2. The molecule has 1 rings (SSSR count). The minimum absolute atomic E-state index is 0.200. The predicted molar refractivity (Wildman–Crippen MR) is 55.7 cm³/mol. The van der Waals surface area contributed by atoms with Gasteiger partial charge in [0.2, 0.25) is 0 Å². The van der Waals surface area contributed by atoms with Gasteiger partial charge in [-0.25, -0.2) is 0 Å². The van der Waals surface area contributed by atoms with E-state index in [1.165, 1.54) is 0 Å². The van der Waals surface area contributed by atoms with Crippen LogP contribution in [0.25, 0.3) is 0 Å². The van der Waals surface area contributed by atoms with Crippen molar-refractivity contribution in [3.05, 3.63) is 0 Å². The topological polar surface area (TPSA) is 56.0 Å². The molecule has 0 spiro atoms. The van der Waals surface area contributed by atoms with Crippen LogP contribution in [0.3, 0.4) is 0 Å². The van der Waals surface area contributed by atoms with Gasteiger partial charge in [0.05, 0.1) is 6.07 Å². The third-order valence-corrected chi connectivity index (χ3v) is 3.29. The van der Waals surface area contributed by atoms with Gasteiger partial charge in [0.1, 0.15) is 5.54 Å². The van der Waals surface area contributed by atoms with E-state index in [2.05, 4.69) is 18.3 Å². The van der Waals surface area contributed by atoms with E-state index >= 15 is 0 Å². The van der Waals surface area contributed by atoms with E-state index in [-0.39, 0.29) is 12.1 Å². The summed E-state index contributed by atoms with van der Waals surface area (Å²) >= 11 is 0. The Kier molecular flexibility index (Phi) is 4.37. The molecule has 2 atom stereocenters. The molecule has 80 valence electrons.